The average Bonchev–Trinajstić information content (AvgIpc) is 3.04. The zero-order chi connectivity index (χ0) is 20.2. The van der Waals surface area contributed by atoms with E-state index in [1.807, 2.05) is 0 Å². The molecule has 1 atom stereocenters. The number of likely N-dealkylation sites (tertiary alicyclic amines) is 1. The Labute approximate surface area is 151 Å². The first kappa shape index (κ1) is 20.5. The van der Waals surface area contributed by atoms with E-state index in [1.54, 1.807) is 0 Å². The van der Waals surface area contributed by atoms with Crippen LogP contribution in [0.4, 0.5) is 22.4 Å². The Bertz CT molecular complexity index is 741. The normalized spacial score (nSPS) is 19.6. The van der Waals surface area contributed by atoms with E-state index < -0.39 is 48.4 Å². The molecule has 3 amide bonds. The smallest absolute Gasteiger partial charge is 0.416 e. The average molecular weight is 391 g/mol. The standard InChI is InChI=1S/C16H17F4N3O4/c17-8-15(4-5-23(9-15)14(26)27)22-12(24)7-21-13(25)10-2-1-3-11(6-10)16(18,19)20/h1-3,6H,4-5,7-9H2,(H,21,25)(H,22,24)(H,26,27). The summed E-state index contributed by atoms with van der Waals surface area (Å²) in [4.78, 5) is 35.8. The predicted octanol–water partition coefficient (Wildman–Crippen LogP) is 1.64. The number of alkyl halides is 4. The lowest BCUT2D eigenvalue weighted by atomic mass is 10.0. The molecular formula is C16H17F4N3O4. The lowest BCUT2D eigenvalue weighted by Gasteiger charge is -2.27. The van der Waals surface area contributed by atoms with E-state index >= 15 is 0 Å². The lowest BCUT2D eigenvalue weighted by Crippen LogP contribution is -2.54. The maximum absolute atomic E-state index is 13.3. The van der Waals surface area contributed by atoms with Gasteiger partial charge in [0.2, 0.25) is 5.91 Å². The minimum absolute atomic E-state index is 0.0517. The van der Waals surface area contributed by atoms with Crippen molar-refractivity contribution in [2.45, 2.75) is 18.1 Å². The molecule has 1 aromatic rings. The summed E-state index contributed by atoms with van der Waals surface area (Å²) in [5.74, 6) is -1.68. The minimum atomic E-state index is -4.61. The Hall–Kier alpha value is -2.85. The topological polar surface area (TPSA) is 98.7 Å². The summed E-state index contributed by atoms with van der Waals surface area (Å²) in [6.07, 6.45) is -5.78. The Morgan fingerprint density at radius 1 is 1.26 bits per heavy atom. The van der Waals surface area contributed by atoms with Gasteiger partial charge in [-0.1, -0.05) is 6.07 Å². The molecule has 1 aliphatic heterocycles. The number of hydrogen-bond acceptors (Lipinski definition) is 3. The number of nitrogens with zero attached hydrogens (tertiary/aromatic N) is 1. The van der Waals surface area contributed by atoms with Crippen molar-refractivity contribution in [3.63, 3.8) is 0 Å². The quantitative estimate of drug-likeness (QED) is 0.665. The first-order valence-corrected chi connectivity index (χ1v) is 7.87. The van der Waals surface area contributed by atoms with Crippen molar-refractivity contribution in [3.8, 4) is 0 Å². The summed E-state index contributed by atoms with van der Waals surface area (Å²) < 4.78 is 51.3. The Kier molecular flexibility index (Phi) is 5.91. The lowest BCUT2D eigenvalue weighted by molar-refractivity contribution is -0.137. The molecule has 1 unspecified atom stereocenters. The summed E-state index contributed by atoms with van der Waals surface area (Å²) in [6.45, 7) is -1.77. The molecule has 27 heavy (non-hydrogen) atoms. The highest BCUT2D eigenvalue weighted by Gasteiger charge is 2.41. The third-order valence-corrected chi connectivity index (χ3v) is 4.15. The third kappa shape index (κ3) is 5.08. The number of nitrogens with one attached hydrogen (secondary N) is 2. The van der Waals surface area contributed by atoms with Crippen LogP contribution in [0.3, 0.4) is 0 Å². The van der Waals surface area contributed by atoms with Crippen molar-refractivity contribution >= 4 is 17.9 Å². The van der Waals surface area contributed by atoms with E-state index in [-0.39, 0.29) is 25.1 Å². The van der Waals surface area contributed by atoms with Crippen LogP contribution >= 0.6 is 0 Å². The van der Waals surface area contributed by atoms with Crippen molar-refractivity contribution < 1.29 is 37.1 Å². The van der Waals surface area contributed by atoms with E-state index in [0.717, 1.165) is 23.1 Å². The largest absolute Gasteiger partial charge is 0.465 e. The number of benzene rings is 1. The van der Waals surface area contributed by atoms with Crippen LogP contribution in [0.25, 0.3) is 0 Å². The fourth-order valence-corrected chi connectivity index (χ4v) is 2.72. The molecule has 148 valence electrons. The second kappa shape index (κ2) is 7.80. The first-order chi connectivity index (χ1) is 12.6. The summed E-state index contributed by atoms with van der Waals surface area (Å²) >= 11 is 0. The van der Waals surface area contributed by atoms with E-state index in [2.05, 4.69) is 10.6 Å². The van der Waals surface area contributed by atoms with Crippen molar-refractivity contribution in [2.75, 3.05) is 26.3 Å². The molecule has 1 fully saturated rings. The van der Waals surface area contributed by atoms with Gasteiger partial charge in [0, 0.05) is 18.7 Å². The van der Waals surface area contributed by atoms with Gasteiger partial charge in [-0.2, -0.15) is 13.2 Å². The SMILES string of the molecule is O=C(CNC(=O)c1cccc(C(F)(F)F)c1)NC1(CF)CCN(C(=O)O)C1. The van der Waals surface area contributed by atoms with Gasteiger partial charge in [0.1, 0.15) is 6.67 Å². The molecular weight excluding hydrogens is 374 g/mol. The summed E-state index contributed by atoms with van der Waals surface area (Å²) in [5.41, 5.74) is -2.66. The van der Waals surface area contributed by atoms with Crippen molar-refractivity contribution in [2.24, 2.45) is 0 Å². The highest BCUT2D eigenvalue weighted by molar-refractivity contribution is 5.96. The zero-order valence-corrected chi connectivity index (χ0v) is 14.0. The summed E-state index contributed by atoms with van der Waals surface area (Å²) in [7, 11) is 0. The number of carbonyl (C=O) groups excluding carboxylic acids is 2. The molecule has 2 rings (SSSR count). The maximum Gasteiger partial charge on any atom is 0.416 e. The van der Waals surface area contributed by atoms with Crippen LogP contribution in [0.2, 0.25) is 0 Å². The van der Waals surface area contributed by atoms with Crippen LogP contribution in [0.1, 0.15) is 22.3 Å². The molecule has 1 aliphatic rings. The van der Waals surface area contributed by atoms with Gasteiger partial charge in [0.15, 0.2) is 0 Å². The molecule has 7 nitrogen and oxygen atoms in total. The molecule has 11 heteroatoms. The molecule has 1 heterocycles. The minimum Gasteiger partial charge on any atom is -0.465 e. The van der Waals surface area contributed by atoms with Gasteiger partial charge >= 0.3 is 12.3 Å². The molecule has 0 saturated carbocycles. The number of carbonyl (C=O) groups is 3. The fourth-order valence-electron chi connectivity index (χ4n) is 2.72. The van der Waals surface area contributed by atoms with Crippen LogP contribution in [-0.4, -0.2) is 59.8 Å². The number of amides is 3. The Morgan fingerprint density at radius 3 is 2.52 bits per heavy atom. The van der Waals surface area contributed by atoms with E-state index in [4.69, 9.17) is 5.11 Å². The second-order valence-corrected chi connectivity index (χ2v) is 6.18. The molecule has 0 spiro atoms. The van der Waals surface area contributed by atoms with Crippen LogP contribution in [0, 0.1) is 0 Å². The Morgan fingerprint density at radius 2 is 1.96 bits per heavy atom. The number of hydrogen-bond donors (Lipinski definition) is 3. The molecule has 3 N–H and O–H groups in total. The number of carboxylic acid groups (broad SMARTS) is 1. The molecule has 1 aromatic carbocycles. The van der Waals surface area contributed by atoms with E-state index in [9.17, 15) is 31.9 Å². The number of rotatable bonds is 5. The summed E-state index contributed by atoms with van der Waals surface area (Å²) in [6, 6.07) is 3.68. The highest BCUT2D eigenvalue weighted by atomic mass is 19.4. The fraction of sp³-hybridized carbons (Fsp3) is 0.438. The van der Waals surface area contributed by atoms with Crippen molar-refractivity contribution in [1.82, 2.24) is 15.5 Å². The predicted molar refractivity (Wildman–Crippen MR) is 84.8 cm³/mol. The number of halogens is 4. The van der Waals surface area contributed by atoms with Crippen LogP contribution < -0.4 is 10.6 Å². The van der Waals surface area contributed by atoms with Gasteiger partial charge in [-0.25, -0.2) is 9.18 Å². The van der Waals surface area contributed by atoms with Gasteiger partial charge in [-0.15, -0.1) is 0 Å². The van der Waals surface area contributed by atoms with Gasteiger partial charge in [0.25, 0.3) is 5.91 Å². The molecule has 0 radical (unpaired) electrons. The molecule has 0 aliphatic carbocycles. The monoisotopic (exact) mass is 391 g/mol. The van der Waals surface area contributed by atoms with Crippen LogP contribution in [0.5, 0.6) is 0 Å². The van der Waals surface area contributed by atoms with Crippen LogP contribution in [0.15, 0.2) is 24.3 Å². The van der Waals surface area contributed by atoms with Crippen molar-refractivity contribution in [1.29, 1.82) is 0 Å². The van der Waals surface area contributed by atoms with Gasteiger partial charge in [0.05, 0.1) is 17.6 Å². The maximum atomic E-state index is 13.3. The van der Waals surface area contributed by atoms with Gasteiger partial charge < -0.3 is 20.6 Å². The second-order valence-electron chi connectivity index (χ2n) is 6.18. The van der Waals surface area contributed by atoms with Crippen LogP contribution in [-0.2, 0) is 11.0 Å². The van der Waals surface area contributed by atoms with E-state index in [1.165, 1.54) is 0 Å². The Balaban J connectivity index is 1.93. The zero-order valence-electron chi connectivity index (χ0n) is 14.0. The van der Waals surface area contributed by atoms with Crippen molar-refractivity contribution in [3.05, 3.63) is 35.4 Å². The molecule has 0 aromatic heterocycles. The summed E-state index contributed by atoms with van der Waals surface area (Å²) in [5, 5.41) is 13.4. The molecule has 0 bridgehead atoms. The van der Waals surface area contributed by atoms with E-state index in [0.29, 0.717) is 6.07 Å². The van der Waals surface area contributed by atoms with Gasteiger partial charge in [-0.3, -0.25) is 9.59 Å². The third-order valence-electron chi connectivity index (χ3n) is 4.15. The highest BCUT2D eigenvalue weighted by Crippen LogP contribution is 2.29. The van der Waals surface area contributed by atoms with Gasteiger partial charge in [-0.05, 0) is 24.6 Å². The first-order valence-electron chi connectivity index (χ1n) is 7.87. The molecule has 1 saturated heterocycles.